The minimum Gasteiger partial charge on any atom is -0.337 e. The van der Waals surface area contributed by atoms with E-state index in [1.165, 1.54) is 12.1 Å². The third-order valence-electron chi connectivity index (χ3n) is 6.82. The maximum absolute atomic E-state index is 13.7. The molecule has 1 saturated heterocycles. The van der Waals surface area contributed by atoms with Crippen molar-refractivity contribution in [3.63, 3.8) is 0 Å². The van der Waals surface area contributed by atoms with Crippen molar-refractivity contribution in [3.05, 3.63) is 105 Å². The maximum atomic E-state index is 13.7. The van der Waals surface area contributed by atoms with E-state index in [1.54, 1.807) is 0 Å². The molecule has 182 valence electrons. The average Bonchev–Trinajstić information content (AvgIpc) is 3.60. The predicted octanol–water partition coefficient (Wildman–Crippen LogP) is 6.53. The lowest BCUT2D eigenvalue weighted by Crippen LogP contribution is -2.62. The molecule has 35 heavy (non-hydrogen) atoms. The number of halogens is 4. The Morgan fingerprint density at radius 3 is 1.89 bits per heavy atom. The van der Waals surface area contributed by atoms with Crippen molar-refractivity contribution in [1.29, 1.82) is 0 Å². The van der Waals surface area contributed by atoms with Crippen LogP contribution in [0.25, 0.3) is 0 Å². The van der Waals surface area contributed by atoms with Gasteiger partial charge >= 0.3 is 0 Å². The van der Waals surface area contributed by atoms with E-state index in [0.717, 1.165) is 30.0 Å². The third kappa shape index (κ3) is 5.85. The quantitative estimate of drug-likeness (QED) is 0.341. The van der Waals surface area contributed by atoms with Gasteiger partial charge in [-0.1, -0.05) is 47.5 Å². The maximum Gasteiger partial charge on any atom is 0.227 e. The molecule has 1 aliphatic carbocycles. The summed E-state index contributed by atoms with van der Waals surface area (Å²) in [4.78, 5) is 17.5. The molecule has 2 aliphatic rings. The van der Waals surface area contributed by atoms with Gasteiger partial charge in [-0.25, -0.2) is 8.78 Å². The second-order valence-electron chi connectivity index (χ2n) is 9.56. The number of nitrogens with zero attached hydrogens (tertiary/aromatic N) is 2. The van der Waals surface area contributed by atoms with Crippen LogP contribution in [0.15, 0.2) is 66.7 Å². The van der Waals surface area contributed by atoms with E-state index in [9.17, 15) is 13.6 Å². The molecule has 0 radical (unpaired) electrons. The van der Waals surface area contributed by atoms with Crippen molar-refractivity contribution in [3.8, 4) is 0 Å². The van der Waals surface area contributed by atoms with Crippen molar-refractivity contribution < 1.29 is 13.6 Å². The highest BCUT2D eigenvalue weighted by molar-refractivity contribution is 6.30. The van der Waals surface area contributed by atoms with Gasteiger partial charge in [-0.2, -0.15) is 0 Å². The lowest BCUT2D eigenvalue weighted by Gasteiger charge is -2.49. The van der Waals surface area contributed by atoms with Gasteiger partial charge in [0.25, 0.3) is 0 Å². The molecule has 0 bridgehead atoms. The van der Waals surface area contributed by atoms with Gasteiger partial charge in [0, 0.05) is 35.7 Å². The van der Waals surface area contributed by atoms with E-state index in [1.807, 2.05) is 53.4 Å². The summed E-state index contributed by atoms with van der Waals surface area (Å²) >= 11 is 12.3. The highest BCUT2D eigenvalue weighted by atomic mass is 35.5. The van der Waals surface area contributed by atoms with Gasteiger partial charge in [0.15, 0.2) is 0 Å². The minimum absolute atomic E-state index is 0.00427. The van der Waals surface area contributed by atoms with Gasteiger partial charge in [-0.3, -0.25) is 9.69 Å². The molecule has 1 saturated carbocycles. The summed E-state index contributed by atoms with van der Waals surface area (Å²) in [6, 6.07) is 19.0. The molecule has 1 amide bonds. The molecule has 2 fully saturated rings. The van der Waals surface area contributed by atoms with Gasteiger partial charge in [0.2, 0.25) is 5.91 Å². The fourth-order valence-electron chi connectivity index (χ4n) is 4.82. The summed E-state index contributed by atoms with van der Waals surface area (Å²) in [6.07, 6.45) is 2.23. The monoisotopic (exact) mass is 514 g/mol. The van der Waals surface area contributed by atoms with Crippen LogP contribution in [0.2, 0.25) is 10.0 Å². The van der Waals surface area contributed by atoms with Gasteiger partial charge in [-0.15, -0.1) is 0 Å². The minimum atomic E-state index is -0.662. The fourth-order valence-corrected chi connectivity index (χ4v) is 5.07. The Morgan fingerprint density at radius 1 is 0.886 bits per heavy atom. The Labute approximate surface area is 214 Å². The van der Waals surface area contributed by atoms with Crippen molar-refractivity contribution in [2.45, 2.75) is 31.3 Å². The van der Waals surface area contributed by atoms with Crippen molar-refractivity contribution >= 4 is 29.1 Å². The highest BCUT2D eigenvalue weighted by Gasteiger charge is 2.40. The molecule has 0 unspecified atom stereocenters. The zero-order valence-electron chi connectivity index (χ0n) is 19.1. The SMILES string of the molecule is O=C(Cc1cc(F)cc(F)c1)N(CC1CC1)C1CN(C(c2ccc(Cl)cc2)c2ccc(Cl)cc2)C1. The molecule has 3 nitrogen and oxygen atoms in total. The Morgan fingerprint density at radius 2 is 1.40 bits per heavy atom. The van der Waals surface area contributed by atoms with Crippen LogP contribution in [-0.4, -0.2) is 41.4 Å². The number of carbonyl (C=O) groups excluding carboxylic acids is 1. The van der Waals surface area contributed by atoms with Crippen LogP contribution in [0.4, 0.5) is 8.78 Å². The van der Waals surface area contributed by atoms with Crippen molar-refractivity contribution in [2.75, 3.05) is 19.6 Å². The number of hydrogen-bond donors (Lipinski definition) is 0. The zero-order chi connectivity index (χ0) is 24.5. The van der Waals surface area contributed by atoms with E-state index in [-0.39, 0.29) is 24.4 Å². The first-order valence-corrected chi connectivity index (χ1v) is 12.6. The summed E-state index contributed by atoms with van der Waals surface area (Å²) in [5, 5.41) is 1.36. The summed E-state index contributed by atoms with van der Waals surface area (Å²) in [5.41, 5.74) is 2.60. The molecule has 0 spiro atoms. The second-order valence-corrected chi connectivity index (χ2v) is 10.4. The van der Waals surface area contributed by atoms with Gasteiger partial charge in [0.05, 0.1) is 18.5 Å². The van der Waals surface area contributed by atoms with Crippen LogP contribution in [0.5, 0.6) is 0 Å². The van der Waals surface area contributed by atoms with E-state index >= 15 is 0 Å². The topological polar surface area (TPSA) is 23.6 Å². The highest BCUT2D eigenvalue weighted by Crippen LogP contribution is 2.37. The van der Waals surface area contributed by atoms with Crippen LogP contribution in [-0.2, 0) is 11.2 Å². The summed E-state index contributed by atoms with van der Waals surface area (Å²) < 4.78 is 27.3. The molecule has 0 aromatic heterocycles. The van der Waals surface area contributed by atoms with Gasteiger partial charge in [0.1, 0.15) is 11.6 Å². The molecule has 3 aromatic rings. The summed E-state index contributed by atoms with van der Waals surface area (Å²) in [7, 11) is 0. The summed E-state index contributed by atoms with van der Waals surface area (Å²) in [6.45, 7) is 2.12. The molecular weight excluding hydrogens is 489 g/mol. The molecule has 1 aliphatic heterocycles. The van der Waals surface area contributed by atoms with Crippen LogP contribution >= 0.6 is 23.2 Å². The lowest BCUT2D eigenvalue weighted by atomic mass is 9.92. The zero-order valence-corrected chi connectivity index (χ0v) is 20.7. The van der Waals surface area contributed by atoms with Crippen LogP contribution < -0.4 is 0 Å². The first kappa shape index (κ1) is 24.2. The number of amides is 1. The van der Waals surface area contributed by atoms with Crippen LogP contribution in [0.3, 0.4) is 0 Å². The Bertz CT molecular complexity index is 1130. The van der Waals surface area contributed by atoms with Gasteiger partial charge < -0.3 is 4.90 Å². The molecule has 0 N–H and O–H groups in total. The number of carbonyl (C=O) groups is 1. The lowest BCUT2D eigenvalue weighted by molar-refractivity contribution is -0.137. The molecule has 7 heteroatoms. The van der Waals surface area contributed by atoms with Crippen LogP contribution in [0.1, 0.15) is 35.6 Å². The van der Waals surface area contributed by atoms with E-state index in [0.29, 0.717) is 41.2 Å². The van der Waals surface area contributed by atoms with Crippen molar-refractivity contribution in [1.82, 2.24) is 9.80 Å². The normalized spacial score (nSPS) is 16.4. The smallest absolute Gasteiger partial charge is 0.227 e. The number of hydrogen-bond acceptors (Lipinski definition) is 2. The number of likely N-dealkylation sites (tertiary alicyclic amines) is 1. The van der Waals surface area contributed by atoms with Gasteiger partial charge in [-0.05, 0) is 71.8 Å². The number of benzene rings is 3. The summed E-state index contributed by atoms with van der Waals surface area (Å²) in [5.74, 6) is -0.892. The van der Waals surface area contributed by atoms with E-state index < -0.39 is 11.6 Å². The molecule has 1 heterocycles. The predicted molar refractivity (Wildman–Crippen MR) is 135 cm³/mol. The second kappa shape index (κ2) is 10.3. The Kier molecular flexibility index (Phi) is 7.10. The first-order chi connectivity index (χ1) is 16.9. The average molecular weight is 515 g/mol. The first-order valence-electron chi connectivity index (χ1n) is 11.8. The van der Waals surface area contributed by atoms with E-state index in [2.05, 4.69) is 4.90 Å². The molecule has 5 rings (SSSR count). The number of rotatable bonds is 8. The van der Waals surface area contributed by atoms with Crippen LogP contribution in [0, 0.1) is 17.6 Å². The fraction of sp³-hybridized carbons (Fsp3) is 0.321. The standard InChI is InChI=1S/C28H26Cl2F2N2O/c29-22-7-3-20(4-8-22)28(21-5-9-23(30)10-6-21)33-16-26(17-33)34(15-18-1-2-18)27(35)13-19-11-24(31)14-25(32)12-19/h3-12,14,18,26,28H,1-2,13,15-17H2. The molecule has 0 atom stereocenters. The molecule has 3 aromatic carbocycles. The Hall–Kier alpha value is -2.47. The third-order valence-corrected chi connectivity index (χ3v) is 7.32. The van der Waals surface area contributed by atoms with Crippen molar-refractivity contribution in [2.24, 2.45) is 5.92 Å². The largest absolute Gasteiger partial charge is 0.337 e. The molecular formula is C28H26Cl2F2N2O. The Balaban J connectivity index is 1.33. The van der Waals surface area contributed by atoms with E-state index in [4.69, 9.17) is 23.2 Å².